The summed E-state index contributed by atoms with van der Waals surface area (Å²) in [5.41, 5.74) is 3.10. The second-order valence-corrected chi connectivity index (χ2v) is 8.40. The van der Waals surface area contributed by atoms with E-state index in [2.05, 4.69) is 0 Å². The topological polar surface area (TPSA) is 66.9 Å². The van der Waals surface area contributed by atoms with Crippen molar-refractivity contribution < 1.29 is 19.1 Å². The minimum atomic E-state index is -1.05. The molecule has 164 valence electrons. The molecule has 2 aromatic carbocycles. The summed E-state index contributed by atoms with van der Waals surface area (Å²) in [6.07, 6.45) is 0.719. The number of likely N-dealkylation sites (tertiary alicyclic amines) is 1. The van der Waals surface area contributed by atoms with Crippen LogP contribution in [0, 0.1) is 19.8 Å². The number of carbonyl (C=O) groups excluding carboxylic acids is 3. The van der Waals surface area contributed by atoms with Crippen LogP contribution in [-0.2, 0) is 9.59 Å². The highest BCUT2D eigenvalue weighted by molar-refractivity contribution is 6.44. The third kappa shape index (κ3) is 4.69. The van der Waals surface area contributed by atoms with E-state index in [1.165, 1.54) is 0 Å². The molecule has 31 heavy (non-hydrogen) atoms. The molecular weight excluding hydrogens is 392 g/mol. The molecule has 1 aliphatic heterocycles. The maximum atomic E-state index is 13.5. The molecule has 1 heterocycles. The van der Waals surface area contributed by atoms with Gasteiger partial charge in [-0.05, 0) is 70.2 Å². The Bertz CT molecular complexity index is 982. The van der Waals surface area contributed by atoms with E-state index in [0.29, 0.717) is 17.9 Å². The molecule has 1 saturated heterocycles. The van der Waals surface area contributed by atoms with Gasteiger partial charge < -0.3 is 14.5 Å². The van der Waals surface area contributed by atoms with Gasteiger partial charge in [0.25, 0.3) is 5.91 Å². The van der Waals surface area contributed by atoms with E-state index in [9.17, 15) is 14.4 Å². The number of nitrogens with zero attached hydrogens (tertiary/aromatic N) is 2. The van der Waals surface area contributed by atoms with Crippen LogP contribution in [0.25, 0.3) is 0 Å². The van der Waals surface area contributed by atoms with Crippen molar-refractivity contribution >= 4 is 17.5 Å². The van der Waals surface area contributed by atoms with Gasteiger partial charge in [0, 0.05) is 12.1 Å². The van der Waals surface area contributed by atoms with Crippen LogP contribution in [-0.4, -0.2) is 61.6 Å². The van der Waals surface area contributed by atoms with E-state index in [-0.39, 0.29) is 5.78 Å². The molecule has 2 atom stereocenters. The normalized spacial score (nSPS) is 18.7. The van der Waals surface area contributed by atoms with Gasteiger partial charge in [-0.15, -0.1) is 0 Å². The van der Waals surface area contributed by atoms with Crippen molar-refractivity contribution in [3.05, 3.63) is 64.7 Å². The van der Waals surface area contributed by atoms with Gasteiger partial charge in [0.15, 0.2) is 5.78 Å². The van der Waals surface area contributed by atoms with E-state index in [1.807, 2.05) is 57.1 Å². The average Bonchev–Trinajstić information content (AvgIpc) is 2.98. The highest BCUT2D eigenvalue weighted by Crippen LogP contribution is 2.38. The lowest BCUT2D eigenvalue weighted by atomic mass is 9.85. The number of ether oxygens (including phenoxy) is 1. The fourth-order valence-electron chi connectivity index (χ4n) is 4.13. The molecule has 1 aliphatic rings. The first-order valence-electron chi connectivity index (χ1n) is 10.5. The van der Waals surface area contributed by atoms with Gasteiger partial charge in [-0.25, -0.2) is 0 Å². The Kier molecular flexibility index (Phi) is 6.91. The number of methoxy groups -OCH3 is 1. The van der Waals surface area contributed by atoms with Gasteiger partial charge >= 0.3 is 0 Å². The SMILES string of the molecule is COc1ccc(C(=O)C2C(=O)C(=O)N(CCCN(C)C)C2c2ccc(C)cc2)cc1C. The molecule has 1 fully saturated rings. The summed E-state index contributed by atoms with van der Waals surface area (Å²) >= 11 is 0. The van der Waals surface area contributed by atoms with E-state index < -0.39 is 23.7 Å². The van der Waals surface area contributed by atoms with Crippen molar-refractivity contribution in [1.82, 2.24) is 9.80 Å². The number of benzene rings is 2. The predicted octanol–water partition coefficient (Wildman–Crippen LogP) is 3.22. The second kappa shape index (κ2) is 9.43. The maximum Gasteiger partial charge on any atom is 0.291 e. The predicted molar refractivity (Wildman–Crippen MR) is 119 cm³/mol. The van der Waals surface area contributed by atoms with Crippen LogP contribution in [0.5, 0.6) is 5.75 Å². The quantitative estimate of drug-likeness (QED) is 0.371. The highest BCUT2D eigenvalue weighted by Gasteiger charge is 2.51. The van der Waals surface area contributed by atoms with Crippen LogP contribution in [0.3, 0.4) is 0 Å². The van der Waals surface area contributed by atoms with Gasteiger partial charge in [-0.1, -0.05) is 29.8 Å². The van der Waals surface area contributed by atoms with Crippen molar-refractivity contribution in [2.75, 3.05) is 34.3 Å². The summed E-state index contributed by atoms with van der Waals surface area (Å²) in [5, 5.41) is 0. The summed E-state index contributed by atoms with van der Waals surface area (Å²) in [4.78, 5) is 43.1. The molecule has 2 unspecified atom stereocenters. The molecule has 0 radical (unpaired) electrons. The van der Waals surface area contributed by atoms with Crippen LogP contribution in [0.2, 0.25) is 0 Å². The molecule has 2 aromatic rings. The lowest BCUT2D eigenvalue weighted by Crippen LogP contribution is -2.33. The number of hydrogen-bond acceptors (Lipinski definition) is 5. The van der Waals surface area contributed by atoms with E-state index >= 15 is 0 Å². The lowest BCUT2D eigenvalue weighted by Gasteiger charge is -2.28. The van der Waals surface area contributed by atoms with Crippen molar-refractivity contribution in [1.29, 1.82) is 0 Å². The fraction of sp³-hybridized carbons (Fsp3) is 0.400. The largest absolute Gasteiger partial charge is 0.496 e. The number of carbonyl (C=O) groups is 3. The molecule has 0 N–H and O–H groups in total. The first-order chi connectivity index (χ1) is 14.7. The van der Waals surface area contributed by atoms with Crippen LogP contribution in [0.15, 0.2) is 42.5 Å². The minimum absolute atomic E-state index is 0.329. The van der Waals surface area contributed by atoms with Gasteiger partial charge in [0.1, 0.15) is 11.7 Å². The van der Waals surface area contributed by atoms with Gasteiger partial charge in [-0.3, -0.25) is 14.4 Å². The van der Waals surface area contributed by atoms with Gasteiger partial charge in [-0.2, -0.15) is 0 Å². The van der Waals surface area contributed by atoms with E-state index in [1.54, 1.807) is 30.2 Å². The molecular formula is C25H30N2O4. The highest BCUT2D eigenvalue weighted by atomic mass is 16.5. The first-order valence-corrected chi connectivity index (χ1v) is 10.5. The first kappa shape index (κ1) is 22.7. The molecule has 0 bridgehead atoms. The molecule has 0 saturated carbocycles. The number of Topliss-reactive ketones (excluding diaryl/α,β-unsaturated/α-hetero) is 2. The molecule has 6 heteroatoms. The Labute approximate surface area is 183 Å². The summed E-state index contributed by atoms with van der Waals surface area (Å²) in [6, 6.07) is 12.2. The molecule has 3 rings (SSSR count). The summed E-state index contributed by atoms with van der Waals surface area (Å²) in [7, 11) is 5.50. The summed E-state index contributed by atoms with van der Waals surface area (Å²) in [5.74, 6) is -1.92. The smallest absolute Gasteiger partial charge is 0.291 e. The van der Waals surface area contributed by atoms with Crippen LogP contribution >= 0.6 is 0 Å². The summed E-state index contributed by atoms with van der Waals surface area (Å²) in [6.45, 7) is 5.04. The zero-order chi connectivity index (χ0) is 22.7. The zero-order valence-electron chi connectivity index (χ0n) is 18.8. The minimum Gasteiger partial charge on any atom is -0.496 e. The van der Waals surface area contributed by atoms with Gasteiger partial charge in [0.05, 0.1) is 13.2 Å². The number of ketones is 2. The van der Waals surface area contributed by atoms with Crippen molar-refractivity contribution in [2.24, 2.45) is 5.92 Å². The molecule has 0 aromatic heterocycles. The maximum absolute atomic E-state index is 13.5. The summed E-state index contributed by atoms with van der Waals surface area (Å²) < 4.78 is 5.28. The Balaban J connectivity index is 2.00. The number of amides is 1. The van der Waals surface area contributed by atoms with Crippen LogP contribution < -0.4 is 4.74 Å². The third-order valence-electron chi connectivity index (χ3n) is 5.79. The lowest BCUT2D eigenvalue weighted by molar-refractivity contribution is -0.140. The number of hydrogen-bond donors (Lipinski definition) is 0. The number of aryl methyl sites for hydroxylation is 2. The third-order valence-corrected chi connectivity index (χ3v) is 5.79. The van der Waals surface area contributed by atoms with Crippen molar-refractivity contribution in [3.63, 3.8) is 0 Å². The molecule has 6 nitrogen and oxygen atoms in total. The molecule has 0 aliphatic carbocycles. The Morgan fingerprint density at radius 1 is 1.06 bits per heavy atom. The van der Waals surface area contributed by atoms with Crippen LogP contribution in [0.4, 0.5) is 0 Å². The van der Waals surface area contributed by atoms with Crippen molar-refractivity contribution in [3.8, 4) is 5.75 Å². The number of rotatable bonds is 8. The van der Waals surface area contributed by atoms with E-state index in [0.717, 1.165) is 29.7 Å². The van der Waals surface area contributed by atoms with Crippen LogP contribution in [0.1, 0.15) is 39.5 Å². The Morgan fingerprint density at radius 2 is 1.74 bits per heavy atom. The second-order valence-electron chi connectivity index (χ2n) is 8.40. The Morgan fingerprint density at radius 3 is 2.32 bits per heavy atom. The van der Waals surface area contributed by atoms with Gasteiger partial charge in [0.2, 0.25) is 5.78 Å². The standard InChI is InChI=1S/C25H30N2O4/c1-16-7-9-18(10-8-16)22-21(23(28)19-11-12-20(31-5)17(2)15-19)24(29)25(30)27(22)14-6-13-26(3)4/h7-12,15,21-22H,6,13-14H2,1-5H3. The molecule has 0 spiro atoms. The van der Waals surface area contributed by atoms with Crippen molar-refractivity contribution in [2.45, 2.75) is 26.3 Å². The average molecular weight is 423 g/mol. The van der Waals surface area contributed by atoms with E-state index in [4.69, 9.17) is 4.74 Å². The zero-order valence-corrected chi connectivity index (χ0v) is 18.8. The molecule has 1 amide bonds. The fourth-order valence-corrected chi connectivity index (χ4v) is 4.13. The monoisotopic (exact) mass is 422 g/mol. The Hall–Kier alpha value is -2.99.